The van der Waals surface area contributed by atoms with Crippen LogP contribution in [0.3, 0.4) is 0 Å². The topological polar surface area (TPSA) is 64.4 Å². The summed E-state index contributed by atoms with van der Waals surface area (Å²) in [5.74, 6) is 0.294. The lowest BCUT2D eigenvalue weighted by atomic mass is 10.1. The van der Waals surface area contributed by atoms with E-state index in [1.54, 1.807) is 55.3 Å². The molecule has 0 unspecified atom stereocenters. The molecule has 0 bridgehead atoms. The molecule has 0 atom stereocenters. The van der Waals surface area contributed by atoms with Gasteiger partial charge >= 0.3 is 0 Å². The smallest absolute Gasteiger partial charge is 0.259 e. The zero-order valence-electron chi connectivity index (χ0n) is 15.8. The van der Waals surface area contributed by atoms with Crippen molar-refractivity contribution in [3.8, 4) is 11.4 Å². The third-order valence-corrected chi connectivity index (χ3v) is 4.05. The van der Waals surface area contributed by atoms with E-state index < -0.39 is 0 Å². The van der Waals surface area contributed by atoms with Crippen LogP contribution in [0.4, 0.5) is 0 Å². The molecule has 2 aromatic carbocycles. The van der Waals surface area contributed by atoms with Crippen LogP contribution in [-0.2, 0) is 4.79 Å². The summed E-state index contributed by atoms with van der Waals surface area (Å²) in [6.07, 6.45) is 6.81. The summed E-state index contributed by atoms with van der Waals surface area (Å²) in [6, 6.07) is 16.5. The standard InChI is InChI=1S/C22H21N3O3/c1-24(2)22(27)16-28-20-11-9-18(10-12-20)21(26)13-8-17-14-23-25(15-17)19-6-4-3-5-7-19/h3-15H,16H2,1-2H3. The normalized spacial score (nSPS) is 10.8. The molecule has 1 amide bonds. The molecule has 0 aliphatic heterocycles. The molecular formula is C22H21N3O3. The Kier molecular flexibility index (Phi) is 6.01. The van der Waals surface area contributed by atoms with Crippen molar-refractivity contribution >= 4 is 17.8 Å². The van der Waals surface area contributed by atoms with E-state index in [4.69, 9.17) is 4.74 Å². The Balaban J connectivity index is 1.60. The molecule has 6 heteroatoms. The first-order valence-corrected chi connectivity index (χ1v) is 8.78. The molecule has 0 aliphatic carbocycles. The Bertz CT molecular complexity index is 974. The minimum absolute atomic E-state index is 0.0361. The number of carbonyl (C=O) groups excluding carboxylic acids is 2. The van der Waals surface area contributed by atoms with E-state index in [2.05, 4.69) is 5.10 Å². The fraction of sp³-hybridized carbons (Fsp3) is 0.136. The van der Waals surface area contributed by atoms with Gasteiger partial charge in [-0.05, 0) is 48.6 Å². The number of likely N-dealkylation sites (N-methyl/N-ethyl adjacent to an activating group) is 1. The van der Waals surface area contributed by atoms with Crippen LogP contribution in [0.25, 0.3) is 11.8 Å². The summed E-state index contributed by atoms with van der Waals surface area (Å²) < 4.78 is 7.16. The number of ketones is 1. The molecule has 3 rings (SSSR count). The molecule has 0 saturated heterocycles. The van der Waals surface area contributed by atoms with Crippen molar-refractivity contribution in [2.24, 2.45) is 0 Å². The zero-order valence-corrected chi connectivity index (χ0v) is 15.8. The number of hydrogen-bond acceptors (Lipinski definition) is 4. The average molecular weight is 375 g/mol. The van der Waals surface area contributed by atoms with E-state index in [1.165, 1.54) is 11.0 Å². The highest BCUT2D eigenvalue weighted by molar-refractivity contribution is 6.06. The first-order valence-electron chi connectivity index (χ1n) is 8.78. The molecular weight excluding hydrogens is 354 g/mol. The van der Waals surface area contributed by atoms with Gasteiger partial charge in [-0.15, -0.1) is 0 Å². The highest BCUT2D eigenvalue weighted by Crippen LogP contribution is 2.14. The molecule has 0 N–H and O–H groups in total. The van der Waals surface area contributed by atoms with Gasteiger partial charge < -0.3 is 9.64 Å². The molecule has 0 radical (unpaired) electrons. The van der Waals surface area contributed by atoms with Crippen LogP contribution in [0.1, 0.15) is 15.9 Å². The van der Waals surface area contributed by atoms with Crippen molar-refractivity contribution in [3.05, 3.63) is 84.2 Å². The lowest BCUT2D eigenvalue weighted by Crippen LogP contribution is -2.27. The van der Waals surface area contributed by atoms with Gasteiger partial charge in [0.2, 0.25) is 0 Å². The van der Waals surface area contributed by atoms with Crippen molar-refractivity contribution in [3.63, 3.8) is 0 Å². The molecule has 1 heterocycles. The number of para-hydroxylation sites is 1. The number of allylic oxidation sites excluding steroid dienone is 1. The highest BCUT2D eigenvalue weighted by Gasteiger charge is 2.06. The van der Waals surface area contributed by atoms with E-state index in [-0.39, 0.29) is 18.3 Å². The predicted octanol–water partition coefficient (Wildman–Crippen LogP) is 3.24. The number of ether oxygens (including phenoxy) is 1. The Morgan fingerprint density at radius 2 is 1.79 bits per heavy atom. The Hall–Kier alpha value is -3.67. The van der Waals surface area contributed by atoms with E-state index >= 15 is 0 Å². The van der Waals surface area contributed by atoms with Gasteiger partial charge in [0.1, 0.15) is 5.75 Å². The van der Waals surface area contributed by atoms with Crippen molar-refractivity contribution in [2.45, 2.75) is 0 Å². The van der Waals surface area contributed by atoms with E-state index in [9.17, 15) is 9.59 Å². The molecule has 6 nitrogen and oxygen atoms in total. The molecule has 142 valence electrons. The number of benzene rings is 2. The second kappa shape index (κ2) is 8.81. The minimum Gasteiger partial charge on any atom is -0.484 e. The fourth-order valence-electron chi connectivity index (χ4n) is 2.40. The third kappa shape index (κ3) is 4.94. The van der Waals surface area contributed by atoms with E-state index in [0.717, 1.165) is 11.3 Å². The second-order valence-corrected chi connectivity index (χ2v) is 6.35. The summed E-state index contributed by atoms with van der Waals surface area (Å²) in [5.41, 5.74) is 2.33. The molecule has 0 fully saturated rings. The summed E-state index contributed by atoms with van der Waals surface area (Å²) in [7, 11) is 3.34. The number of amides is 1. The van der Waals surface area contributed by atoms with Crippen LogP contribution < -0.4 is 4.74 Å². The Morgan fingerprint density at radius 1 is 1.07 bits per heavy atom. The van der Waals surface area contributed by atoms with Crippen molar-refractivity contribution in [1.82, 2.24) is 14.7 Å². The van der Waals surface area contributed by atoms with Gasteiger partial charge in [0.25, 0.3) is 5.91 Å². The van der Waals surface area contributed by atoms with Crippen LogP contribution in [0.15, 0.2) is 73.1 Å². The first-order chi connectivity index (χ1) is 13.5. The molecule has 3 aromatic rings. The fourth-order valence-corrected chi connectivity index (χ4v) is 2.40. The minimum atomic E-state index is -0.126. The van der Waals surface area contributed by atoms with E-state index in [1.807, 2.05) is 36.5 Å². The average Bonchev–Trinajstić information content (AvgIpc) is 3.20. The van der Waals surface area contributed by atoms with Gasteiger partial charge in [0.15, 0.2) is 12.4 Å². The number of aromatic nitrogens is 2. The molecule has 28 heavy (non-hydrogen) atoms. The maximum atomic E-state index is 12.3. The summed E-state index contributed by atoms with van der Waals surface area (Å²) >= 11 is 0. The number of carbonyl (C=O) groups is 2. The maximum absolute atomic E-state index is 12.3. The molecule has 0 aliphatic rings. The van der Waals surface area contributed by atoms with Crippen LogP contribution in [-0.4, -0.2) is 47.1 Å². The van der Waals surface area contributed by atoms with Gasteiger partial charge in [-0.2, -0.15) is 5.10 Å². The first kappa shape index (κ1) is 19.1. The van der Waals surface area contributed by atoms with Gasteiger partial charge in [-0.25, -0.2) is 4.68 Å². The van der Waals surface area contributed by atoms with Crippen LogP contribution in [0.5, 0.6) is 5.75 Å². The molecule has 0 spiro atoms. The predicted molar refractivity (Wildman–Crippen MR) is 108 cm³/mol. The lowest BCUT2D eigenvalue weighted by Gasteiger charge is -2.11. The van der Waals surface area contributed by atoms with Gasteiger partial charge in [0, 0.05) is 31.4 Å². The van der Waals surface area contributed by atoms with Gasteiger partial charge in [-0.1, -0.05) is 18.2 Å². The number of hydrogen-bond donors (Lipinski definition) is 0. The van der Waals surface area contributed by atoms with Crippen molar-refractivity contribution in [2.75, 3.05) is 20.7 Å². The van der Waals surface area contributed by atoms with Crippen molar-refractivity contribution in [1.29, 1.82) is 0 Å². The van der Waals surface area contributed by atoms with Crippen LogP contribution in [0, 0.1) is 0 Å². The summed E-state index contributed by atoms with van der Waals surface area (Å²) in [5, 5.41) is 4.30. The molecule has 1 aromatic heterocycles. The summed E-state index contributed by atoms with van der Waals surface area (Å²) in [6.45, 7) is -0.0361. The van der Waals surface area contributed by atoms with Gasteiger partial charge in [-0.3, -0.25) is 9.59 Å². The largest absolute Gasteiger partial charge is 0.484 e. The quantitative estimate of drug-likeness (QED) is 0.470. The van der Waals surface area contributed by atoms with Crippen LogP contribution in [0.2, 0.25) is 0 Å². The lowest BCUT2D eigenvalue weighted by molar-refractivity contribution is -0.130. The maximum Gasteiger partial charge on any atom is 0.259 e. The Labute approximate surface area is 163 Å². The highest BCUT2D eigenvalue weighted by atomic mass is 16.5. The third-order valence-electron chi connectivity index (χ3n) is 4.05. The van der Waals surface area contributed by atoms with Crippen LogP contribution >= 0.6 is 0 Å². The number of rotatable bonds is 7. The monoisotopic (exact) mass is 375 g/mol. The number of nitrogens with zero attached hydrogens (tertiary/aromatic N) is 3. The zero-order chi connectivity index (χ0) is 19.9. The van der Waals surface area contributed by atoms with Gasteiger partial charge in [0.05, 0.1) is 11.9 Å². The summed E-state index contributed by atoms with van der Waals surface area (Å²) in [4.78, 5) is 25.3. The molecule has 0 saturated carbocycles. The SMILES string of the molecule is CN(C)C(=O)COc1ccc(C(=O)C=Cc2cnn(-c3ccccc3)c2)cc1. The Morgan fingerprint density at radius 3 is 2.46 bits per heavy atom. The second-order valence-electron chi connectivity index (χ2n) is 6.35. The van der Waals surface area contributed by atoms with Crippen molar-refractivity contribution < 1.29 is 14.3 Å². The van der Waals surface area contributed by atoms with E-state index in [0.29, 0.717) is 11.3 Å².